The molecule has 1 saturated heterocycles. The maximum Gasteiger partial charge on any atom is 0.0117 e. The van der Waals surface area contributed by atoms with Gasteiger partial charge in [-0.15, -0.1) is 0 Å². The van der Waals surface area contributed by atoms with Crippen LogP contribution in [0.3, 0.4) is 0 Å². The zero-order valence-electron chi connectivity index (χ0n) is 7.34. The predicted molar refractivity (Wildman–Crippen MR) is 47.6 cm³/mol. The van der Waals surface area contributed by atoms with Gasteiger partial charge in [-0.2, -0.15) is 0 Å². The lowest BCUT2D eigenvalue weighted by Gasteiger charge is -2.24. The van der Waals surface area contributed by atoms with Crippen LogP contribution in [0.15, 0.2) is 0 Å². The summed E-state index contributed by atoms with van der Waals surface area (Å²) in [6, 6.07) is 0.704. The highest BCUT2D eigenvalue weighted by Crippen LogP contribution is 2.06. The van der Waals surface area contributed by atoms with E-state index in [-0.39, 0.29) is 0 Å². The van der Waals surface area contributed by atoms with Crippen molar-refractivity contribution in [3.05, 3.63) is 0 Å². The Hall–Kier alpha value is -0.120. The minimum Gasteiger partial charge on any atom is -0.330 e. The molecule has 66 valence electrons. The van der Waals surface area contributed by atoms with Crippen molar-refractivity contribution < 1.29 is 0 Å². The third-order valence-electron chi connectivity index (χ3n) is 2.42. The number of hydrogen-bond acceptors (Lipinski definition) is 3. The minimum absolute atomic E-state index is 0.704. The van der Waals surface area contributed by atoms with Crippen molar-refractivity contribution in [2.24, 2.45) is 5.73 Å². The summed E-state index contributed by atoms with van der Waals surface area (Å²) >= 11 is 0. The number of likely N-dealkylation sites (N-methyl/N-ethyl adjacent to an activating group) is 1. The van der Waals surface area contributed by atoms with E-state index in [4.69, 9.17) is 5.73 Å². The van der Waals surface area contributed by atoms with Crippen molar-refractivity contribution in [2.75, 3.05) is 33.2 Å². The van der Waals surface area contributed by atoms with Crippen LogP contribution in [0.1, 0.15) is 12.8 Å². The highest BCUT2D eigenvalue weighted by Gasteiger charge is 2.15. The van der Waals surface area contributed by atoms with Crippen LogP contribution < -0.4 is 11.1 Å². The van der Waals surface area contributed by atoms with E-state index in [1.54, 1.807) is 0 Å². The Morgan fingerprint density at radius 3 is 3.09 bits per heavy atom. The third-order valence-corrected chi connectivity index (χ3v) is 2.42. The van der Waals surface area contributed by atoms with E-state index in [1.807, 2.05) is 0 Å². The molecule has 3 nitrogen and oxygen atoms in total. The molecule has 1 unspecified atom stereocenters. The predicted octanol–water partition coefficient (Wildman–Crippen LogP) is -0.371. The summed E-state index contributed by atoms with van der Waals surface area (Å²) in [7, 11) is 2.19. The fourth-order valence-corrected chi connectivity index (χ4v) is 1.61. The van der Waals surface area contributed by atoms with E-state index >= 15 is 0 Å². The Labute approximate surface area is 68.9 Å². The maximum absolute atomic E-state index is 5.53. The van der Waals surface area contributed by atoms with E-state index in [0.29, 0.717) is 6.04 Å². The molecule has 0 saturated carbocycles. The van der Waals surface area contributed by atoms with Crippen molar-refractivity contribution in [3.8, 4) is 0 Å². The number of nitrogens with zero attached hydrogens (tertiary/aromatic N) is 1. The first-order chi connectivity index (χ1) is 5.34. The normalized spacial score (nSPS) is 28.4. The van der Waals surface area contributed by atoms with Crippen LogP contribution in [0, 0.1) is 0 Å². The molecular formula is C8H19N3. The molecule has 3 N–H and O–H groups in total. The lowest BCUT2D eigenvalue weighted by Crippen LogP contribution is -2.34. The standard InChI is InChI=1S/C8H19N3/c1-11-7-6-10-5-3-8(11)2-4-9/h8,10H,2-7,9H2,1H3. The summed E-state index contributed by atoms with van der Waals surface area (Å²) in [5.41, 5.74) is 5.53. The lowest BCUT2D eigenvalue weighted by atomic mass is 10.1. The molecule has 11 heavy (non-hydrogen) atoms. The Bertz CT molecular complexity index is 106. The van der Waals surface area contributed by atoms with Gasteiger partial charge < -0.3 is 16.0 Å². The average molecular weight is 157 g/mol. The SMILES string of the molecule is CN1CCNCCC1CCN. The maximum atomic E-state index is 5.53. The second-order valence-corrected chi connectivity index (χ2v) is 3.25. The Morgan fingerprint density at radius 2 is 2.36 bits per heavy atom. The first-order valence-corrected chi connectivity index (χ1v) is 4.45. The van der Waals surface area contributed by atoms with Gasteiger partial charge in [-0.25, -0.2) is 0 Å². The minimum atomic E-state index is 0.704. The third kappa shape index (κ3) is 2.77. The van der Waals surface area contributed by atoms with Crippen molar-refractivity contribution in [2.45, 2.75) is 18.9 Å². The number of rotatable bonds is 2. The topological polar surface area (TPSA) is 41.3 Å². The number of nitrogens with two attached hydrogens (primary N) is 1. The summed E-state index contributed by atoms with van der Waals surface area (Å²) < 4.78 is 0. The van der Waals surface area contributed by atoms with Crippen molar-refractivity contribution in [3.63, 3.8) is 0 Å². The monoisotopic (exact) mass is 157 g/mol. The first kappa shape index (κ1) is 8.97. The zero-order valence-corrected chi connectivity index (χ0v) is 7.34. The molecule has 0 radical (unpaired) electrons. The molecule has 1 fully saturated rings. The van der Waals surface area contributed by atoms with Crippen molar-refractivity contribution >= 4 is 0 Å². The highest BCUT2D eigenvalue weighted by atomic mass is 15.2. The molecule has 0 aromatic carbocycles. The van der Waals surface area contributed by atoms with Crippen LogP contribution in [0.5, 0.6) is 0 Å². The fraction of sp³-hybridized carbons (Fsp3) is 1.00. The second-order valence-electron chi connectivity index (χ2n) is 3.25. The molecular weight excluding hydrogens is 138 g/mol. The van der Waals surface area contributed by atoms with Crippen LogP contribution >= 0.6 is 0 Å². The van der Waals surface area contributed by atoms with Crippen LogP contribution in [0.2, 0.25) is 0 Å². The molecule has 3 heteroatoms. The molecule has 0 bridgehead atoms. The van der Waals surface area contributed by atoms with Crippen molar-refractivity contribution in [1.82, 2.24) is 10.2 Å². The Balaban J connectivity index is 2.32. The van der Waals surface area contributed by atoms with E-state index in [2.05, 4.69) is 17.3 Å². The number of hydrogen-bond donors (Lipinski definition) is 2. The summed E-state index contributed by atoms with van der Waals surface area (Å²) in [4.78, 5) is 2.41. The smallest absolute Gasteiger partial charge is 0.0117 e. The van der Waals surface area contributed by atoms with Gasteiger partial charge in [0.1, 0.15) is 0 Å². The summed E-state index contributed by atoms with van der Waals surface area (Å²) in [6.45, 7) is 4.24. The summed E-state index contributed by atoms with van der Waals surface area (Å²) in [5.74, 6) is 0. The van der Waals surface area contributed by atoms with Gasteiger partial charge >= 0.3 is 0 Å². The van der Waals surface area contributed by atoms with Gasteiger partial charge in [0.25, 0.3) is 0 Å². The molecule has 1 heterocycles. The van der Waals surface area contributed by atoms with Gasteiger partial charge in [-0.05, 0) is 33.0 Å². The molecule has 0 aromatic rings. The fourth-order valence-electron chi connectivity index (χ4n) is 1.61. The van der Waals surface area contributed by atoms with Crippen LogP contribution in [0.25, 0.3) is 0 Å². The van der Waals surface area contributed by atoms with Gasteiger partial charge in [-0.1, -0.05) is 0 Å². The van der Waals surface area contributed by atoms with E-state index < -0.39 is 0 Å². The summed E-state index contributed by atoms with van der Waals surface area (Å²) in [6.07, 6.45) is 2.38. The van der Waals surface area contributed by atoms with Gasteiger partial charge in [-0.3, -0.25) is 0 Å². The highest BCUT2D eigenvalue weighted by molar-refractivity contribution is 4.74. The van der Waals surface area contributed by atoms with Gasteiger partial charge in [0.15, 0.2) is 0 Å². The van der Waals surface area contributed by atoms with E-state index in [9.17, 15) is 0 Å². The Morgan fingerprint density at radius 1 is 1.55 bits per heavy atom. The molecule has 1 rings (SSSR count). The molecule has 1 atom stereocenters. The van der Waals surface area contributed by atoms with Gasteiger partial charge in [0, 0.05) is 19.1 Å². The van der Waals surface area contributed by atoms with Gasteiger partial charge in [0.05, 0.1) is 0 Å². The van der Waals surface area contributed by atoms with Crippen LogP contribution in [-0.2, 0) is 0 Å². The van der Waals surface area contributed by atoms with Crippen LogP contribution in [-0.4, -0.2) is 44.2 Å². The molecule has 0 aliphatic carbocycles. The molecule has 1 aliphatic rings. The van der Waals surface area contributed by atoms with Crippen LogP contribution in [0.4, 0.5) is 0 Å². The molecule has 0 spiro atoms. The quantitative estimate of drug-likeness (QED) is 0.574. The molecule has 1 aliphatic heterocycles. The van der Waals surface area contributed by atoms with E-state index in [0.717, 1.165) is 32.6 Å². The zero-order chi connectivity index (χ0) is 8.10. The van der Waals surface area contributed by atoms with Crippen molar-refractivity contribution in [1.29, 1.82) is 0 Å². The molecule has 0 aromatic heterocycles. The van der Waals surface area contributed by atoms with E-state index in [1.165, 1.54) is 6.42 Å². The second kappa shape index (κ2) is 4.70. The molecule has 0 amide bonds. The number of nitrogens with one attached hydrogen (secondary N) is 1. The summed E-state index contributed by atoms with van der Waals surface area (Å²) in [5, 5.41) is 3.38. The van der Waals surface area contributed by atoms with Gasteiger partial charge in [0.2, 0.25) is 0 Å². The Kier molecular flexibility index (Phi) is 3.83. The first-order valence-electron chi connectivity index (χ1n) is 4.45. The lowest BCUT2D eigenvalue weighted by molar-refractivity contribution is 0.244. The average Bonchev–Trinajstić information content (AvgIpc) is 2.18. The largest absolute Gasteiger partial charge is 0.330 e.